The first-order valence-corrected chi connectivity index (χ1v) is 7.68. The van der Waals surface area contributed by atoms with E-state index in [1.807, 2.05) is 0 Å². The Labute approximate surface area is 145 Å². The van der Waals surface area contributed by atoms with Crippen molar-refractivity contribution in [3.8, 4) is 0 Å². The SMILES string of the molecule is O=C(COC(=O)c1ccc(Cl)cc1)Nc1ccc(Br)c(Cl)c1. The second-order valence-corrected chi connectivity index (χ2v) is 5.96. The molecule has 7 heteroatoms. The van der Waals surface area contributed by atoms with Gasteiger partial charge in [0.1, 0.15) is 0 Å². The van der Waals surface area contributed by atoms with Crippen LogP contribution < -0.4 is 5.32 Å². The predicted octanol–water partition coefficient (Wildman–Crippen LogP) is 4.55. The Kier molecular flexibility index (Phi) is 5.83. The molecule has 0 atom stereocenters. The van der Waals surface area contributed by atoms with Gasteiger partial charge in [0.05, 0.1) is 10.6 Å². The van der Waals surface area contributed by atoms with Gasteiger partial charge < -0.3 is 10.1 Å². The van der Waals surface area contributed by atoms with Crippen molar-refractivity contribution in [2.24, 2.45) is 0 Å². The van der Waals surface area contributed by atoms with Crippen molar-refractivity contribution in [1.29, 1.82) is 0 Å². The van der Waals surface area contributed by atoms with Gasteiger partial charge in [-0.15, -0.1) is 0 Å². The summed E-state index contributed by atoms with van der Waals surface area (Å²) in [4.78, 5) is 23.5. The maximum Gasteiger partial charge on any atom is 0.338 e. The van der Waals surface area contributed by atoms with Crippen LogP contribution >= 0.6 is 39.1 Å². The quantitative estimate of drug-likeness (QED) is 0.763. The predicted molar refractivity (Wildman–Crippen MR) is 89.5 cm³/mol. The number of amides is 1. The first-order chi connectivity index (χ1) is 10.5. The number of ether oxygens (including phenoxy) is 1. The molecule has 0 unspecified atom stereocenters. The summed E-state index contributed by atoms with van der Waals surface area (Å²) in [5, 5.41) is 3.57. The summed E-state index contributed by atoms with van der Waals surface area (Å²) in [7, 11) is 0. The lowest BCUT2D eigenvalue weighted by atomic mass is 10.2. The van der Waals surface area contributed by atoms with Gasteiger partial charge in [0.2, 0.25) is 0 Å². The average Bonchev–Trinajstić information content (AvgIpc) is 2.49. The van der Waals surface area contributed by atoms with Gasteiger partial charge in [0.15, 0.2) is 6.61 Å². The standard InChI is InChI=1S/C15H10BrCl2NO3/c16-12-6-5-11(7-13(12)18)19-14(20)8-22-15(21)9-1-3-10(17)4-2-9/h1-7H,8H2,(H,19,20). The van der Waals surface area contributed by atoms with Crippen molar-refractivity contribution in [3.63, 3.8) is 0 Å². The summed E-state index contributed by atoms with van der Waals surface area (Å²) in [5.41, 5.74) is 0.838. The lowest BCUT2D eigenvalue weighted by molar-refractivity contribution is -0.119. The molecule has 4 nitrogen and oxygen atoms in total. The van der Waals surface area contributed by atoms with Crippen LogP contribution in [0.2, 0.25) is 10.0 Å². The highest BCUT2D eigenvalue weighted by Crippen LogP contribution is 2.25. The van der Waals surface area contributed by atoms with E-state index in [1.54, 1.807) is 30.3 Å². The van der Waals surface area contributed by atoms with E-state index in [2.05, 4.69) is 21.2 Å². The molecule has 1 amide bonds. The zero-order valence-electron chi connectivity index (χ0n) is 11.1. The monoisotopic (exact) mass is 401 g/mol. The second kappa shape index (κ2) is 7.63. The number of esters is 1. The minimum Gasteiger partial charge on any atom is -0.452 e. The third-order valence-electron chi connectivity index (χ3n) is 2.62. The number of halogens is 3. The first-order valence-electron chi connectivity index (χ1n) is 6.13. The number of carbonyl (C=O) groups excluding carboxylic acids is 2. The normalized spacial score (nSPS) is 10.1. The van der Waals surface area contributed by atoms with Crippen LogP contribution in [0.1, 0.15) is 10.4 Å². The van der Waals surface area contributed by atoms with Gasteiger partial charge in [-0.1, -0.05) is 23.2 Å². The highest BCUT2D eigenvalue weighted by atomic mass is 79.9. The van der Waals surface area contributed by atoms with Crippen LogP contribution in [0.25, 0.3) is 0 Å². The summed E-state index contributed by atoms with van der Waals surface area (Å²) in [6.07, 6.45) is 0. The van der Waals surface area contributed by atoms with Crippen LogP contribution in [0.4, 0.5) is 5.69 Å². The molecule has 0 bridgehead atoms. The molecule has 0 saturated heterocycles. The Bertz CT molecular complexity index is 704. The van der Waals surface area contributed by atoms with Gasteiger partial charge in [0.25, 0.3) is 5.91 Å². The molecule has 0 aliphatic rings. The van der Waals surface area contributed by atoms with Crippen molar-refractivity contribution in [2.75, 3.05) is 11.9 Å². The number of benzene rings is 2. The summed E-state index contributed by atoms with van der Waals surface area (Å²) in [5.74, 6) is -1.05. The molecule has 0 fully saturated rings. The molecule has 0 saturated carbocycles. The van der Waals surface area contributed by atoms with Crippen LogP contribution in [0.5, 0.6) is 0 Å². The summed E-state index contributed by atoms with van der Waals surface area (Å²) in [6, 6.07) is 11.2. The van der Waals surface area contributed by atoms with Crippen molar-refractivity contribution < 1.29 is 14.3 Å². The molecule has 0 heterocycles. The fourth-order valence-electron chi connectivity index (χ4n) is 1.57. The van der Waals surface area contributed by atoms with Gasteiger partial charge in [-0.25, -0.2) is 4.79 Å². The molecule has 0 spiro atoms. The van der Waals surface area contributed by atoms with Crippen molar-refractivity contribution in [3.05, 3.63) is 62.5 Å². The Morgan fingerprint density at radius 3 is 2.41 bits per heavy atom. The lowest BCUT2D eigenvalue weighted by Crippen LogP contribution is -2.20. The van der Waals surface area contributed by atoms with E-state index in [0.717, 1.165) is 4.47 Å². The molecular formula is C15H10BrCl2NO3. The largest absolute Gasteiger partial charge is 0.452 e. The van der Waals surface area contributed by atoms with Gasteiger partial charge in [-0.2, -0.15) is 0 Å². The van der Waals surface area contributed by atoms with Crippen molar-refractivity contribution in [2.45, 2.75) is 0 Å². The zero-order chi connectivity index (χ0) is 16.1. The molecule has 0 aliphatic heterocycles. The maximum absolute atomic E-state index is 11.7. The molecule has 22 heavy (non-hydrogen) atoms. The van der Waals surface area contributed by atoms with E-state index in [0.29, 0.717) is 21.3 Å². The van der Waals surface area contributed by atoms with Crippen LogP contribution in [-0.4, -0.2) is 18.5 Å². The molecule has 0 radical (unpaired) electrons. The van der Waals surface area contributed by atoms with Crippen molar-refractivity contribution in [1.82, 2.24) is 0 Å². The first kappa shape index (κ1) is 16.8. The molecule has 2 aromatic rings. The summed E-state index contributed by atoms with van der Waals surface area (Å²) in [6.45, 7) is -0.394. The number of carbonyl (C=O) groups is 2. The van der Waals surface area contributed by atoms with Crippen LogP contribution in [0.15, 0.2) is 46.9 Å². The fraction of sp³-hybridized carbons (Fsp3) is 0.0667. The molecule has 0 aromatic heterocycles. The summed E-state index contributed by atoms with van der Waals surface area (Å²) < 4.78 is 5.64. The number of hydrogen-bond donors (Lipinski definition) is 1. The highest BCUT2D eigenvalue weighted by molar-refractivity contribution is 9.10. The minimum atomic E-state index is -0.597. The van der Waals surface area contributed by atoms with E-state index in [1.165, 1.54) is 12.1 Å². The van der Waals surface area contributed by atoms with Gasteiger partial charge in [0, 0.05) is 15.2 Å². The topological polar surface area (TPSA) is 55.4 Å². The number of rotatable bonds is 4. The van der Waals surface area contributed by atoms with Gasteiger partial charge in [-0.3, -0.25) is 4.79 Å². The molecule has 114 valence electrons. The van der Waals surface area contributed by atoms with Crippen LogP contribution in [0.3, 0.4) is 0 Å². The van der Waals surface area contributed by atoms with E-state index in [-0.39, 0.29) is 0 Å². The summed E-state index contributed by atoms with van der Waals surface area (Å²) >= 11 is 14.9. The molecule has 0 aliphatic carbocycles. The number of nitrogens with one attached hydrogen (secondary N) is 1. The fourth-order valence-corrected chi connectivity index (χ4v) is 2.12. The van der Waals surface area contributed by atoms with E-state index in [9.17, 15) is 9.59 Å². The molecular weight excluding hydrogens is 393 g/mol. The van der Waals surface area contributed by atoms with Crippen LogP contribution in [-0.2, 0) is 9.53 Å². The average molecular weight is 403 g/mol. The Hall–Kier alpha value is -1.56. The smallest absolute Gasteiger partial charge is 0.338 e. The second-order valence-electron chi connectivity index (χ2n) is 4.26. The highest BCUT2D eigenvalue weighted by Gasteiger charge is 2.10. The molecule has 1 N–H and O–H groups in total. The third kappa shape index (κ3) is 4.73. The Balaban J connectivity index is 1.88. The lowest BCUT2D eigenvalue weighted by Gasteiger charge is -2.07. The molecule has 2 aromatic carbocycles. The van der Waals surface area contributed by atoms with Gasteiger partial charge in [-0.05, 0) is 58.4 Å². The van der Waals surface area contributed by atoms with Gasteiger partial charge >= 0.3 is 5.97 Å². The minimum absolute atomic E-state index is 0.323. The van der Waals surface area contributed by atoms with Crippen molar-refractivity contribution >= 4 is 56.7 Å². The third-order valence-corrected chi connectivity index (χ3v) is 4.10. The number of hydrogen-bond acceptors (Lipinski definition) is 3. The van der Waals surface area contributed by atoms with E-state index < -0.39 is 18.5 Å². The zero-order valence-corrected chi connectivity index (χ0v) is 14.2. The number of anilines is 1. The Morgan fingerprint density at radius 1 is 1.09 bits per heavy atom. The maximum atomic E-state index is 11.7. The van der Waals surface area contributed by atoms with Crippen LogP contribution in [0, 0.1) is 0 Å². The van der Waals surface area contributed by atoms with E-state index >= 15 is 0 Å². The molecule has 2 rings (SSSR count). The Morgan fingerprint density at radius 2 is 1.77 bits per heavy atom. The van der Waals surface area contributed by atoms with E-state index in [4.69, 9.17) is 27.9 Å².